The average Bonchev–Trinajstić information content (AvgIpc) is 2.71. The van der Waals surface area contributed by atoms with Gasteiger partial charge in [-0.05, 0) is 36.4 Å². The fraction of sp³-hybridized carbons (Fsp3) is 0.222. The molecule has 2 rings (SSSR count). The van der Waals surface area contributed by atoms with Crippen molar-refractivity contribution in [3.8, 4) is 11.5 Å². The van der Waals surface area contributed by atoms with Crippen molar-refractivity contribution >= 4 is 27.4 Å². The van der Waals surface area contributed by atoms with E-state index in [1.165, 1.54) is 20.3 Å². The van der Waals surface area contributed by atoms with Gasteiger partial charge in [0.15, 0.2) is 6.61 Å². The fourth-order valence-electron chi connectivity index (χ4n) is 2.20. The molecular weight excluding hydrogens is 412 g/mol. The summed E-state index contributed by atoms with van der Waals surface area (Å²) >= 11 is 0. The molecule has 0 aromatic heterocycles. The van der Waals surface area contributed by atoms with Crippen molar-refractivity contribution in [2.24, 2.45) is 0 Å². The zero-order valence-corrected chi connectivity index (χ0v) is 16.2. The summed E-state index contributed by atoms with van der Waals surface area (Å²) in [6, 6.07) is 8.47. The highest BCUT2D eigenvalue weighted by molar-refractivity contribution is 7.91. The third kappa shape index (κ3) is 5.41. The summed E-state index contributed by atoms with van der Waals surface area (Å²) in [5, 5.41) is 2.50. The number of carbonyl (C=O) groups excluding carboxylic acids is 2. The van der Waals surface area contributed by atoms with Crippen molar-refractivity contribution in [1.29, 1.82) is 0 Å². The normalized spacial score (nSPS) is 11.1. The lowest BCUT2D eigenvalue weighted by molar-refractivity contribution is -0.119. The van der Waals surface area contributed by atoms with Crippen molar-refractivity contribution < 1.29 is 41.0 Å². The molecule has 1 N–H and O–H groups in total. The zero-order valence-electron chi connectivity index (χ0n) is 15.3. The summed E-state index contributed by atoms with van der Waals surface area (Å²) in [5.41, 5.74) is 0.194. The molecule has 0 unspecified atom stereocenters. The molecule has 0 aliphatic carbocycles. The molecule has 0 atom stereocenters. The molecule has 156 valence electrons. The van der Waals surface area contributed by atoms with Gasteiger partial charge in [0.2, 0.25) is 9.84 Å². The van der Waals surface area contributed by atoms with E-state index in [1.807, 2.05) is 0 Å². The van der Waals surface area contributed by atoms with Gasteiger partial charge < -0.3 is 19.5 Å². The van der Waals surface area contributed by atoms with Crippen molar-refractivity contribution in [1.82, 2.24) is 0 Å². The highest BCUT2D eigenvalue weighted by atomic mass is 32.2. The van der Waals surface area contributed by atoms with Gasteiger partial charge in [0, 0.05) is 6.07 Å². The first-order valence-electron chi connectivity index (χ1n) is 8.00. The summed E-state index contributed by atoms with van der Waals surface area (Å²) < 4.78 is 62.8. The number of hydrogen-bond donors (Lipinski definition) is 1. The number of carbonyl (C=O) groups is 2. The lowest BCUT2D eigenvalue weighted by Crippen LogP contribution is -2.21. The second kappa shape index (κ2) is 9.32. The van der Waals surface area contributed by atoms with Gasteiger partial charge in [-0.25, -0.2) is 13.2 Å². The summed E-state index contributed by atoms with van der Waals surface area (Å²) in [6.45, 7) is -0.643. The highest BCUT2D eigenvalue weighted by Crippen LogP contribution is 2.28. The Morgan fingerprint density at radius 2 is 1.69 bits per heavy atom. The molecule has 0 saturated carbocycles. The molecule has 0 bridgehead atoms. The number of esters is 1. The maximum atomic E-state index is 12.5. The Balaban J connectivity index is 2.00. The minimum absolute atomic E-state index is 0.107. The highest BCUT2D eigenvalue weighted by Gasteiger charge is 2.26. The number of methoxy groups -OCH3 is 2. The predicted octanol–water partition coefficient (Wildman–Crippen LogP) is 2.50. The van der Waals surface area contributed by atoms with Gasteiger partial charge in [-0.3, -0.25) is 4.79 Å². The molecule has 0 radical (unpaired) electrons. The van der Waals surface area contributed by atoms with Crippen molar-refractivity contribution in [2.45, 2.75) is 10.7 Å². The number of benzene rings is 2. The minimum atomic E-state index is -4.76. The van der Waals surface area contributed by atoms with Gasteiger partial charge in [-0.15, -0.1) is 0 Å². The van der Waals surface area contributed by atoms with Crippen LogP contribution < -0.4 is 14.8 Å². The van der Waals surface area contributed by atoms with Crippen LogP contribution in [0.15, 0.2) is 47.4 Å². The Morgan fingerprint density at radius 1 is 1.03 bits per heavy atom. The second-order valence-electron chi connectivity index (χ2n) is 5.52. The molecule has 1 amide bonds. The predicted molar refractivity (Wildman–Crippen MR) is 98.1 cm³/mol. The molecule has 0 fully saturated rings. The summed E-state index contributed by atoms with van der Waals surface area (Å²) in [6.07, 6.45) is 0. The molecule has 0 heterocycles. The quantitative estimate of drug-likeness (QED) is 0.643. The van der Waals surface area contributed by atoms with Crippen LogP contribution in [0.4, 0.5) is 14.5 Å². The topological polar surface area (TPSA) is 108 Å². The van der Waals surface area contributed by atoms with Crippen LogP contribution in [-0.4, -0.2) is 46.9 Å². The van der Waals surface area contributed by atoms with Gasteiger partial charge in [0.1, 0.15) is 11.5 Å². The first-order chi connectivity index (χ1) is 13.7. The molecule has 8 nitrogen and oxygen atoms in total. The molecule has 2 aromatic rings. The van der Waals surface area contributed by atoms with Crippen molar-refractivity contribution in [3.05, 3.63) is 48.0 Å². The molecular formula is C18H17F2NO7S. The number of anilines is 1. The van der Waals surface area contributed by atoms with Crippen LogP contribution in [-0.2, 0) is 19.4 Å². The largest absolute Gasteiger partial charge is 0.497 e. The number of alkyl halides is 2. The van der Waals surface area contributed by atoms with E-state index in [2.05, 4.69) is 5.32 Å². The first kappa shape index (κ1) is 22.1. The van der Waals surface area contributed by atoms with E-state index in [9.17, 15) is 26.8 Å². The van der Waals surface area contributed by atoms with Crippen LogP contribution in [0.25, 0.3) is 0 Å². The van der Waals surface area contributed by atoms with Crippen molar-refractivity contribution in [3.63, 3.8) is 0 Å². The summed E-state index contributed by atoms with van der Waals surface area (Å²) in [4.78, 5) is 23.4. The number of halogens is 2. The fourth-order valence-corrected chi connectivity index (χ4v) is 2.92. The Labute approximate surface area is 165 Å². The summed E-state index contributed by atoms with van der Waals surface area (Å²) in [7, 11) is -1.90. The maximum Gasteiger partial charge on any atom is 0.341 e. The number of rotatable bonds is 8. The third-order valence-electron chi connectivity index (χ3n) is 3.67. The van der Waals surface area contributed by atoms with E-state index in [1.54, 1.807) is 12.1 Å². The minimum Gasteiger partial charge on any atom is -0.497 e. The summed E-state index contributed by atoms with van der Waals surface area (Å²) in [5.74, 6) is -4.34. The molecule has 0 saturated heterocycles. The van der Waals surface area contributed by atoms with Gasteiger partial charge >= 0.3 is 11.7 Å². The lowest BCUT2D eigenvalue weighted by atomic mass is 10.2. The number of sulfone groups is 1. The van der Waals surface area contributed by atoms with Crippen LogP contribution in [0.1, 0.15) is 10.4 Å². The van der Waals surface area contributed by atoms with Crippen LogP contribution in [0.2, 0.25) is 0 Å². The van der Waals surface area contributed by atoms with E-state index in [4.69, 9.17) is 14.2 Å². The van der Waals surface area contributed by atoms with E-state index in [-0.39, 0.29) is 5.56 Å². The lowest BCUT2D eigenvalue weighted by Gasteiger charge is -2.12. The zero-order chi connectivity index (χ0) is 21.6. The molecule has 29 heavy (non-hydrogen) atoms. The molecule has 2 aromatic carbocycles. The van der Waals surface area contributed by atoms with Gasteiger partial charge in [-0.1, -0.05) is 0 Å². The van der Waals surface area contributed by atoms with Crippen molar-refractivity contribution in [2.75, 3.05) is 26.1 Å². The van der Waals surface area contributed by atoms with Crippen LogP contribution in [0.3, 0.4) is 0 Å². The van der Waals surface area contributed by atoms with Crippen LogP contribution in [0, 0.1) is 0 Å². The maximum absolute atomic E-state index is 12.5. The van der Waals surface area contributed by atoms with E-state index >= 15 is 0 Å². The monoisotopic (exact) mass is 429 g/mol. The van der Waals surface area contributed by atoms with E-state index in [0.29, 0.717) is 17.2 Å². The van der Waals surface area contributed by atoms with Gasteiger partial charge in [-0.2, -0.15) is 8.78 Å². The Bertz CT molecular complexity index is 992. The van der Waals surface area contributed by atoms with Crippen LogP contribution >= 0.6 is 0 Å². The number of nitrogens with one attached hydrogen (secondary N) is 1. The van der Waals surface area contributed by atoms with Gasteiger partial charge in [0.25, 0.3) is 5.91 Å². The average molecular weight is 429 g/mol. The number of ether oxygens (including phenoxy) is 3. The SMILES string of the molecule is COc1ccc(OC)c(NC(=O)COC(=O)c2ccc(S(=O)(=O)C(F)F)cc2)c1. The smallest absolute Gasteiger partial charge is 0.341 e. The number of amides is 1. The Kier molecular flexibility index (Phi) is 7.10. The third-order valence-corrected chi connectivity index (χ3v) is 5.07. The number of hydrogen-bond acceptors (Lipinski definition) is 7. The Hall–Kier alpha value is -3.21. The molecule has 0 aliphatic rings. The first-order valence-corrected chi connectivity index (χ1v) is 9.54. The Morgan fingerprint density at radius 3 is 2.24 bits per heavy atom. The standard InChI is InChI=1S/C18H17F2NO7S/c1-26-12-5-8-15(27-2)14(9-12)21-16(22)10-28-17(23)11-3-6-13(7-4-11)29(24,25)18(19)20/h3-9,18H,10H2,1-2H3,(H,21,22). The van der Waals surface area contributed by atoms with E-state index < -0.39 is 39.0 Å². The second-order valence-corrected chi connectivity index (χ2v) is 7.44. The van der Waals surface area contributed by atoms with E-state index in [0.717, 1.165) is 24.3 Å². The van der Waals surface area contributed by atoms with Crippen LogP contribution in [0.5, 0.6) is 11.5 Å². The molecule has 11 heteroatoms. The van der Waals surface area contributed by atoms with Gasteiger partial charge in [0.05, 0.1) is 30.4 Å². The molecule has 0 spiro atoms. The molecule has 0 aliphatic heterocycles.